The SMILES string of the molecule is O=C1NN(c2ccccc2)C(=O)/C1=C/c1cn(Cc2ccc([N+](=O)[O-])cc2)c2ccccc12. The molecule has 1 aliphatic rings. The Bertz CT molecular complexity index is 1420. The van der Waals surface area contributed by atoms with E-state index in [4.69, 9.17) is 0 Å². The molecule has 0 aliphatic carbocycles. The average Bonchev–Trinajstić information content (AvgIpc) is 3.32. The summed E-state index contributed by atoms with van der Waals surface area (Å²) >= 11 is 0. The molecular formula is C25H18N4O4. The van der Waals surface area contributed by atoms with Crippen LogP contribution < -0.4 is 10.4 Å². The van der Waals surface area contributed by atoms with Crippen molar-refractivity contribution in [3.05, 3.63) is 112 Å². The number of nitrogens with zero attached hydrogens (tertiary/aromatic N) is 3. The van der Waals surface area contributed by atoms with Crippen LogP contribution in [0, 0.1) is 10.1 Å². The van der Waals surface area contributed by atoms with Crippen molar-refractivity contribution in [3.8, 4) is 0 Å². The summed E-state index contributed by atoms with van der Waals surface area (Å²) in [6, 6.07) is 23.0. The molecule has 8 nitrogen and oxygen atoms in total. The number of carbonyl (C=O) groups excluding carboxylic acids is 2. The van der Waals surface area contributed by atoms with Gasteiger partial charge in [-0.15, -0.1) is 0 Å². The van der Waals surface area contributed by atoms with E-state index in [1.54, 1.807) is 42.5 Å². The lowest BCUT2D eigenvalue weighted by atomic mass is 10.1. The lowest BCUT2D eigenvalue weighted by molar-refractivity contribution is -0.384. The van der Waals surface area contributed by atoms with E-state index < -0.39 is 16.7 Å². The van der Waals surface area contributed by atoms with E-state index in [9.17, 15) is 19.7 Å². The van der Waals surface area contributed by atoms with Gasteiger partial charge in [0, 0.05) is 41.3 Å². The van der Waals surface area contributed by atoms with Crippen LogP contribution in [0.1, 0.15) is 11.1 Å². The topological polar surface area (TPSA) is 97.5 Å². The molecule has 3 aromatic carbocycles. The smallest absolute Gasteiger partial charge is 0.282 e. The normalized spacial score (nSPS) is 14.8. The van der Waals surface area contributed by atoms with Gasteiger partial charge >= 0.3 is 0 Å². The van der Waals surface area contributed by atoms with Gasteiger partial charge in [-0.05, 0) is 29.8 Å². The summed E-state index contributed by atoms with van der Waals surface area (Å²) in [5.74, 6) is -0.880. The molecule has 0 spiro atoms. The van der Waals surface area contributed by atoms with E-state index in [1.165, 1.54) is 17.1 Å². The van der Waals surface area contributed by atoms with Gasteiger partial charge in [0.2, 0.25) is 0 Å². The number of benzene rings is 3. The van der Waals surface area contributed by atoms with Crippen molar-refractivity contribution in [2.45, 2.75) is 6.54 Å². The first-order valence-corrected chi connectivity index (χ1v) is 10.2. The quantitative estimate of drug-likeness (QED) is 0.220. The highest BCUT2D eigenvalue weighted by atomic mass is 16.6. The van der Waals surface area contributed by atoms with E-state index >= 15 is 0 Å². The molecule has 2 heterocycles. The predicted octanol–water partition coefficient (Wildman–Crippen LogP) is 4.06. The number of fused-ring (bicyclic) bond motifs is 1. The fourth-order valence-electron chi connectivity index (χ4n) is 3.91. The number of rotatable bonds is 5. The Hall–Kier alpha value is -4.72. The van der Waals surface area contributed by atoms with Crippen molar-refractivity contribution >= 4 is 40.2 Å². The zero-order chi connectivity index (χ0) is 22.9. The summed E-state index contributed by atoms with van der Waals surface area (Å²) in [6.45, 7) is 0.484. The summed E-state index contributed by atoms with van der Waals surface area (Å²) < 4.78 is 2.00. The number of hydrazine groups is 1. The Labute approximate surface area is 188 Å². The molecule has 33 heavy (non-hydrogen) atoms. The molecule has 5 rings (SSSR count). The molecule has 8 heteroatoms. The molecule has 0 saturated carbocycles. The first-order valence-electron chi connectivity index (χ1n) is 10.2. The summed E-state index contributed by atoms with van der Waals surface area (Å²) in [7, 11) is 0. The zero-order valence-corrected chi connectivity index (χ0v) is 17.3. The second kappa shape index (κ2) is 8.08. The lowest BCUT2D eigenvalue weighted by Gasteiger charge is -2.13. The minimum Gasteiger partial charge on any atom is -0.342 e. The largest absolute Gasteiger partial charge is 0.342 e. The third kappa shape index (κ3) is 3.74. The minimum absolute atomic E-state index is 0.0373. The van der Waals surface area contributed by atoms with E-state index in [2.05, 4.69) is 5.43 Å². The number of nitro groups is 1. The number of amides is 2. The predicted molar refractivity (Wildman–Crippen MR) is 124 cm³/mol. The Morgan fingerprint density at radius 2 is 1.61 bits per heavy atom. The molecule has 0 atom stereocenters. The lowest BCUT2D eigenvalue weighted by Crippen LogP contribution is -2.35. The van der Waals surface area contributed by atoms with Crippen molar-refractivity contribution in [1.82, 2.24) is 9.99 Å². The van der Waals surface area contributed by atoms with Crippen LogP contribution in [0.4, 0.5) is 11.4 Å². The molecule has 0 unspecified atom stereocenters. The number of nitrogens with one attached hydrogen (secondary N) is 1. The number of para-hydroxylation sites is 2. The fourth-order valence-corrected chi connectivity index (χ4v) is 3.91. The first-order chi connectivity index (χ1) is 16.0. The molecule has 1 N–H and O–H groups in total. The molecule has 4 aromatic rings. The molecule has 0 radical (unpaired) electrons. The third-order valence-electron chi connectivity index (χ3n) is 5.53. The number of hydrogen-bond donors (Lipinski definition) is 1. The highest BCUT2D eigenvalue weighted by Crippen LogP contribution is 2.27. The molecule has 2 amide bonds. The van der Waals surface area contributed by atoms with Gasteiger partial charge in [0.05, 0.1) is 10.6 Å². The Morgan fingerprint density at radius 3 is 2.33 bits per heavy atom. The molecule has 0 bridgehead atoms. The molecule has 1 aliphatic heterocycles. The van der Waals surface area contributed by atoms with Crippen LogP contribution in [0.25, 0.3) is 17.0 Å². The number of hydrogen-bond acceptors (Lipinski definition) is 4. The van der Waals surface area contributed by atoms with E-state index in [0.717, 1.165) is 22.0 Å². The maximum Gasteiger partial charge on any atom is 0.282 e. The second-order valence-corrected chi connectivity index (χ2v) is 7.63. The van der Waals surface area contributed by atoms with Gasteiger partial charge in [0.15, 0.2) is 0 Å². The molecule has 1 aromatic heterocycles. The van der Waals surface area contributed by atoms with Crippen LogP contribution in [0.2, 0.25) is 0 Å². The van der Waals surface area contributed by atoms with Crippen molar-refractivity contribution in [2.75, 3.05) is 5.01 Å². The van der Waals surface area contributed by atoms with Gasteiger partial charge in [0.25, 0.3) is 17.5 Å². The first kappa shape index (κ1) is 20.2. The van der Waals surface area contributed by atoms with Gasteiger partial charge in [0.1, 0.15) is 5.57 Å². The number of anilines is 1. The van der Waals surface area contributed by atoms with Gasteiger partial charge < -0.3 is 4.57 Å². The van der Waals surface area contributed by atoms with Crippen LogP contribution in [0.15, 0.2) is 90.6 Å². The molecule has 1 saturated heterocycles. The number of nitro benzene ring substituents is 1. The van der Waals surface area contributed by atoms with Crippen molar-refractivity contribution in [1.29, 1.82) is 0 Å². The van der Waals surface area contributed by atoms with Crippen LogP contribution >= 0.6 is 0 Å². The monoisotopic (exact) mass is 438 g/mol. The van der Waals surface area contributed by atoms with Crippen molar-refractivity contribution in [2.24, 2.45) is 0 Å². The van der Waals surface area contributed by atoms with Crippen molar-refractivity contribution < 1.29 is 14.5 Å². The van der Waals surface area contributed by atoms with Crippen LogP contribution in [-0.4, -0.2) is 21.3 Å². The summed E-state index contributed by atoms with van der Waals surface area (Å²) in [5, 5.41) is 13.0. The van der Waals surface area contributed by atoms with Gasteiger partial charge in [-0.25, -0.2) is 5.01 Å². The average molecular weight is 438 g/mol. The molecule has 162 valence electrons. The highest BCUT2D eigenvalue weighted by Gasteiger charge is 2.34. The highest BCUT2D eigenvalue weighted by molar-refractivity contribution is 6.32. The van der Waals surface area contributed by atoms with Crippen LogP contribution in [0.5, 0.6) is 0 Å². The Balaban J connectivity index is 1.50. The maximum absolute atomic E-state index is 13.0. The molecular weight excluding hydrogens is 420 g/mol. The summed E-state index contributed by atoms with van der Waals surface area (Å²) in [5.41, 5.74) is 5.84. The number of carbonyl (C=O) groups is 2. The fraction of sp³-hybridized carbons (Fsp3) is 0.0400. The van der Waals surface area contributed by atoms with Crippen LogP contribution in [0.3, 0.4) is 0 Å². The van der Waals surface area contributed by atoms with Crippen molar-refractivity contribution in [3.63, 3.8) is 0 Å². The standard InChI is InChI=1S/C25H18N4O4/c30-24-22(25(31)28(26-24)19-6-2-1-3-7-19)14-18-16-27(23-9-5-4-8-21(18)23)15-17-10-12-20(13-11-17)29(32)33/h1-14,16H,15H2,(H,26,30)/b22-14+. The molecule has 1 fully saturated rings. The van der Waals surface area contributed by atoms with E-state index in [-0.39, 0.29) is 11.3 Å². The Morgan fingerprint density at radius 1 is 0.909 bits per heavy atom. The van der Waals surface area contributed by atoms with Gasteiger partial charge in [-0.3, -0.25) is 25.1 Å². The number of non-ortho nitro benzene ring substituents is 1. The zero-order valence-electron chi connectivity index (χ0n) is 17.3. The number of aromatic nitrogens is 1. The van der Waals surface area contributed by atoms with E-state index in [1.807, 2.05) is 41.1 Å². The van der Waals surface area contributed by atoms with Crippen LogP contribution in [-0.2, 0) is 16.1 Å². The second-order valence-electron chi connectivity index (χ2n) is 7.63. The summed E-state index contributed by atoms with van der Waals surface area (Å²) in [6.07, 6.45) is 3.49. The van der Waals surface area contributed by atoms with Gasteiger partial charge in [-0.2, -0.15) is 0 Å². The maximum atomic E-state index is 13.0. The summed E-state index contributed by atoms with van der Waals surface area (Å²) in [4.78, 5) is 36.0. The third-order valence-corrected chi connectivity index (χ3v) is 5.53. The van der Waals surface area contributed by atoms with Gasteiger partial charge in [-0.1, -0.05) is 48.5 Å². The van der Waals surface area contributed by atoms with E-state index in [0.29, 0.717) is 12.2 Å². The Kier molecular flexibility index (Phi) is 4.95. The minimum atomic E-state index is -0.462.